The van der Waals surface area contributed by atoms with Crippen LogP contribution in [0, 0.1) is 17.5 Å². The number of hydrogen-bond donors (Lipinski definition) is 3. The van der Waals surface area contributed by atoms with Crippen molar-refractivity contribution in [2.75, 3.05) is 30.4 Å². The Morgan fingerprint density at radius 3 is 2.52 bits per heavy atom. The summed E-state index contributed by atoms with van der Waals surface area (Å²) in [5, 5.41) is 7.95. The van der Waals surface area contributed by atoms with Crippen molar-refractivity contribution >= 4 is 53.1 Å². The van der Waals surface area contributed by atoms with E-state index >= 15 is 0 Å². The first-order chi connectivity index (χ1) is 14.4. The number of nitrogens with one attached hydrogen (secondary N) is 3. The van der Waals surface area contributed by atoms with Gasteiger partial charge < -0.3 is 20.9 Å². The maximum atomic E-state index is 13.6. The highest BCUT2D eigenvalue weighted by atomic mass is 127. The summed E-state index contributed by atoms with van der Waals surface area (Å²) in [6.45, 7) is 0.122. The number of hydrogen-bond acceptors (Lipinski definition) is 3. The van der Waals surface area contributed by atoms with Crippen LogP contribution in [0.25, 0.3) is 0 Å². The summed E-state index contributed by atoms with van der Waals surface area (Å²) in [5.41, 5.74) is 0.325. The van der Waals surface area contributed by atoms with E-state index in [2.05, 4.69) is 20.9 Å². The van der Waals surface area contributed by atoms with E-state index in [-0.39, 0.29) is 54.9 Å². The third kappa shape index (κ3) is 6.09. The van der Waals surface area contributed by atoms with Crippen LogP contribution in [0.15, 0.2) is 47.5 Å². The van der Waals surface area contributed by atoms with Gasteiger partial charge in [-0.15, -0.1) is 24.0 Å². The van der Waals surface area contributed by atoms with Crippen LogP contribution in [0.4, 0.5) is 24.5 Å². The van der Waals surface area contributed by atoms with E-state index in [0.29, 0.717) is 6.54 Å². The van der Waals surface area contributed by atoms with Crippen LogP contribution in [0.1, 0.15) is 6.42 Å². The third-order valence-electron chi connectivity index (χ3n) is 4.48. The number of nitrogens with zero attached hydrogens (tertiary/aromatic N) is 2. The Hall–Kier alpha value is -2.83. The molecule has 3 rings (SSSR count). The van der Waals surface area contributed by atoms with Gasteiger partial charge in [0.25, 0.3) is 0 Å². The molecule has 0 aromatic heterocycles. The third-order valence-corrected chi connectivity index (χ3v) is 4.48. The van der Waals surface area contributed by atoms with Crippen LogP contribution in [0.5, 0.6) is 0 Å². The van der Waals surface area contributed by atoms with E-state index in [1.54, 1.807) is 4.90 Å². The van der Waals surface area contributed by atoms with Gasteiger partial charge in [0.2, 0.25) is 11.8 Å². The van der Waals surface area contributed by atoms with Gasteiger partial charge in [0.1, 0.15) is 0 Å². The highest BCUT2D eigenvalue weighted by Crippen LogP contribution is 2.21. The van der Waals surface area contributed by atoms with Crippen LogP contribution < -0.4 is 20.9 Å². The fourth-order valence-corrected chi connectivity index (χ4v) is 3.03. The molecule has 0 spiro atoms. The molecule has 31 heavy (non-hydrogen) atoms. The standard InChI is InChI=1S/C20H20F3N5O2.HI/c1-24-20(25-10-16(29)27-15-8-7-14(21)18(22)19(15)23)26-12-9-17(30)28(11-12)13-5-3-2-4-6-13;/h2-8,12H,9-11H2,1H3,(H,27,29)(H2,24,25,26);1H. The first-order valence-electron chi connectivity index (χ1n) is 9.15. The van der Waals surface area contributed by atoms with Gasteiger partial charge in [0.15, 0.2) is 23.4 Å². The second-order valence-corrected chi connectivity index (χ2v) is 6.58. The number of para-hydroxylation sites is 1. The van der Waals surface area contributed by atoms with Crippen molar-refractivity contribution in [3.8, 4) is 0 Å². The number of carbonyl (C=O) groups excluding carboxylic acids is 2. The summed E-state index contributed by atoms with van der Waals surface area (Å²) in [4.78, 5) is 29.9. The van der Waals surface area contributed by atoms with Crippen LogP contribution >= 0.6 is 24.0 Å². The summed E-state index contributed by atoms with van der Waals surface area (Å²) in [5.74, 6) is -4.94. The number of aliphatic imine (C=N–C) groups is 1. The zero-order valence-corrected chi connectivity index (χ0v) is 18.8. The molecule has 2 amide bonds. The molecule has 1 atom stereocenters. The number of benzene rings is 2. The lowest BCUT2D eigenvalue weighted by atomic mass is 10.2. The molecule has 0 bridgehead atoms. The van der Waals surface area contributed by atoms with Gasteiger partial charge in [-0.2, -0.15) is 0 Å². The molecule has 1 heterocycles. The molecule has 1 fully saturated rings. The lowest BCUT2D eigenvalue weighted by Gasteiger charge is -2.19. The molecule has 0 aliphatic carbocycles. The summed E-state index contributed by atoms with van der Waals surface area (Å²) < 4.78 is 39.9. The highest BCUT2D eigenvalue weighted by Gasteiger charge is 2.31. The normalized spacial score (nSPS) is 16.0. The van der Waals surface area contributed by atoms with E-state index in [4.69, 9.17) is 0 Å². The number of carbonyl (C=O) groups is 2. The van der Waals surface area contributed by atoms with Gasteiger partial charge in [-0.1, -0.05) is 18.2 Å². The minimum atomic E-state index is -1.66. The highest BCUT2D eigenvalue weighted by molar-refractivity contribution is 14.0. The molecular weight excluding hydrogens is 526 g/mol. The summed E-state index contributed by atoms with van der Waals surface area (Å²) in [6, 6.07) is 10.7. The maximum absolute atomic E-state index is 13.6. The van der Waals surface area contributed by atoms with Crippen molar-refractivity contribution in [2.24, 2.45) is 4.99 Å². The van der Waals surface area contributed by atoms with Crippen molar-refractivity contribution in [1.29, 1.82) is 0 Å². The average Bonchev–Trinajstić information content (AvgIpc) is 3.12. The van der Waals surface area contributed by atoms with E-state index in [1.807, 2.05) is 30.3 Å². The number of anilines is 2. The van der Waals surface area contributed by atoms with Gasteiger partial charge >= 0.3 is 0 Å². The molecule has 2 aromatic rings. The van der Waals surface area contributed by atoms with Crippen LogP contribution in [-0.2, 0) is 9.59 Å². The summed E-state index contributed by atoms with van der Waals surface area (Å²) in [6.07, 6.45) is 0.252. The number of halogens is 4. The van der Waals surface area contributed by atoms with Gasteiger partial charge in [-0.25, -0.2) is 13.2 Å². The van der Waals surface area contributed by atoms with Crippen molar-refractivity contribution < 1.29 is 22.8 Å². The lowest BCUT2D eigenvalue weighted by molar-refractivity contribution is -0.117. The lowest BCUT2D eigenvalue weighted by Crippen LogP contribution is -2.46. The number of amides is 2. The topological polar surface area (TPSA) is 85.8 Å². The van der Waals surface area contributed by atoms with Crippen LogP contribution in [0.3, 0.4) is 0 Å². The number of guanidine groups is 1. The van der Waals surface area contributed by atoms with Crippen molar-refractivity contribution in [3.05, 3.63) is 59.9 Å². The fourth-order valence-electron chi connectivity index (χ4n) is 3.03. The molecule has 1 unspecified atom stereocenters. The Bertz CT molecular complexity index is 975. The first kappa shape index (κ1) is 24.4. The number of rotatable bonds is 5. The van der Waals surface area contributed by atoms with Crippen molar-refractivity contribution in [2.45, 2.75) is 12.5 Å². The van der Waals surface area contributed by atoms with Crippen LogP contribution in [0.2, 0.25) is 0 Å². The quantitative estimate of drug-likeness (QED) is 0.233. The SMILES string of the molecule is CN=C(NCC(=O)Nc1ccc(F)c(F)c1F)NC1CC(=O)N(c2ccccc2)C1.I. The monoisotopic (exact) mass is 547 g/mol. The van der Waals surface area contributed by atoms with E-state index < -0.39 is 29.0 Å². The molecule has 3 N–H and O–H groups in total. The minimum Gasteiger partial charge on any atom is -0.351 e. The van der Waals surface area contributed by atoms with Crippen molar-refractivity contribution in [3.63, 3.8) is 0 Å². The van der Waals surface area contributed by atoms with Crippen molar-refractivity contribution in [1.82, 2.24) is 10.6 Å². The summed E-state index contributed by atoms with van der Waals surface area (Å²) in [7, 11) is 1.49. The molecule has 166 valence electrons. The molecule has 2 aromatic carbocycles. The fraction of sp³-hybridized carbons (Fsp3) is 0.250. The van der Waals surface area contributed by atoms with Gasteiger partial charge in [-0.05, 0) is 24.3 Å². The Kier molecular flexibility index (Phi) is 8.65. The smallest absolute Gasteiger partial charge is 0.243 e. The maximum Gasteiger partial charge on any atom is 0.243 e. The van der Waals surface area contributed by atoms with Gasteiger partial charge in [0.05, 0.1) is 18.3 Å². The van der Waals surface area contributed by atoms with E-state index in [1.165, 1.54) is 7.05 Å². The van der Waals surface area contributed by atoms with Gasteiger partial charge in [0, 0.05) is 25.7 Å². The molecule has 0 saturated carbocycles. The van der Waals surface area contributed by atoms with Gasteiger partial charge in [-0.3, -0.25) is 14.6 Å². The van der Waals surface area contributed by atoms with E-state index in [9.17, 15) is 22.8 Å². The Morgan fingerprint density at radius 2 is 1.84 bits per heavy atom. The predicted molar refractivity (Wildman–Crippen MR) is 122 cm³/mol. The molecular formula is C20H21F3IN5O2. The second kappa shape index (κ2) is 11.0. The zero-order chi connectivity index (χ0) is 21.7. The largest absolute Gasteiger partial charge is 0.351 e. The molecule has 0 radical (unpaired) electrons. The molecule has 1 saturated heterocycles. The molecule has 1 aliphatic heterocycles. The Morgan fingerprint density at radius 1 is 1.13 bits per heavy atom. The predicted octanol–water partition coefficient (Wildman–Crippen LogP) is 2.63. The first-order valence-corrected chi connectivity index (χ1v) is 9.15. The summed E-state index contributed by atoms with van der Waals surface area (Å²) >= 11 is 0. The zero-order valence-electron chi connectivity index (χ0n) is 16.5. The van der Waals surface area contributed by atoms with Crippen LogP contribution in [-0.4, -0.2) is 44.0 Å². The average molecular weight is 547 g/mol. The Balaban J connectivity index is 0.00000341. The Labute approximate surface area is 194 Å². The van der Waals surface area contributed by atoms with E-state index in [0.717, 1.165) is 17.8 Å². The molecule has 7 nitrogen and oxygen atoms in total. The molecule has 1 aliphatic rings. The molecule has 11 heteroatoms. The second-order valence-electron chi connectivity index (χ2n) is 6.58. The minimum absolute atomic E-state index is 0.